The number of hydrogen-bond acceptors (Lipinski definition) is 2. The summed E-state index contributed by atoms with van der Waals surface area (Å²) >= 11 is 0. The molecule has 2 heteroatoms. The average Bonchev–Trinajstić information content (AvgIpc) is 2.04. The van der Waals surface area contributed by atoms with Crippen LogP contribution in [0.3, 0.4) is 0 Å². The van der Waals surface area contributed by atoms with E-state index in [0.29, 0.717) is 5.57 Å². The van der Waals surface area contributed by atoms with Crippen LogP contribution in [0.15, 0.2) is 28.4 Å². The lowest BCUT2D eigenvalue weighted by molar-refractivity contribution is 1.16. The Balaban J connectivity index is 4.11. The molecule has 0 saturated heterocycles. The van der Waals surface area contributed by atoms with E-state index in [2.05, 4.69) is 11.9 Å². The summed E-state index contributed by atoms with van der Waals surface area (Å²) in [6, 6.07) is 2.02. The Hall–Kier alpha value is -1.36. The van der Waals surface area contributed by atoms with Gasteiger partial charge in [-0.2, -0.15) is 5.26 Å². The van der Waals surface area contributed by atoms with E-state index in [1.54, 1.807) is 19.2 Å². The van der Waals surface area contributed by atoms with Crippen LogP contribution in [0.25, 0.3) is 0 Å². The lowest BCUT2D eigenvalue weighted by atomic mass is 10.3. The summed E-state index contributed by atoms with van der Waals surface area (Å²) in [5.74, 6) is 0. The van der Waals surface area contributed by atoms with Crippen LogP contribution < -0.4 is 0 Å². The first-order valence-corrected chi connectivity index (χ1v) is 3.98. The van der Waals surface area contributed by atoms with Crippen molar-refractivity contribution in [2.75, 3.05) is 0 Å². The van der Waals surface area contributed by atoms with Gasteiger partial charge in [0.15, 0.2) is 0 Å². The first kappa shape index (κ1) is 10.6. The second-order valence-corrected chi connectivity index (χ2v) is 2.49. The van der Waals surface area contributed by atoms with Crippen LogP contribution in [0.1, 0.15) is 27.2 Å². The van der Waals surface area contributed by atoms with Crippen LogP contribution in [0.4, 0.5) is 0 Å². The summed E-state index contributed by atoms with van der Waals surface area (Å²) in [6.45, 7) is 5.76. The van der Waals surface area contributed by atoms with Crippen LogP contribution in [0.5, 0.6) is 0 Å². The Bertz CT molecular complexity index is 252. The van der Waals surface area contributed by atoms with Gasteiger partial charge in [-0.15, -0.1) is 0 Å². The first-order chi connectivity index (χ1) is 5.70. The number of aliphatic imine (C=N–C) groups is 1. The van der Waals surface area contributed by atoms with Crippen LogP contribution in [0.2, 0.25) is 0 Å². The third-order valence-electron chi connectivity index (χ3n) is 1.28. The summed E-state index contributed by atoms with van der Waals surface area (Å²) in [4.78, 5) is 4.11. The lowest BCUT2D eigenvalue weighted by Gasteiger charge is -1.87. The fourth-order valence-corrected chi connectivity index (χ4v) is 0.652. The fourth-order valence-electron chi connectivity index (χ4n) is 0.652. The van der Waals surface area contributed by atoms with Gasteiger partial charge >= 0.3 is 0 Å². The number of hydrogen-bond donors (Lipinski definition) is 0. The third-order valence-corrected chi connectivity index (χ3v) is 1.28. The second kappa shape index (κ2) is 6.36. The molecular weight excluding hydrogens is 148 g/mol. The molecule has 0 fully saturated rings. The smallest absolute Gasteiger partial charge is 0.0944 e. The molecule has 0 amide bonds. The molecule has 2 nitrogen and oxygen atoms in total. The van der Waals surface area contributed by atoms with Crippen molar-refractivity contribution < 1.29 is 0 Å². The fraction of sp³-hybridized carbons (Fsp3) is 0.400. The molecule has 0 aromatic rings. The summed E-state index contributed by atoms with van der Waals surface area (Å²) in [7, 11) is 0. The van der Waals surface area contributed by atoms with Crippen molar-refractivity contribution in [3.63, 3.8) is 0 Å². The van der Waals surface area contributed by atoms with E-state index in [1.165, 1.54) is 0 Å². The summed E-state index contributed by atoms with van der Waals surface area (Å²) in [5, 5.41) is 8.41. The number of nitrogens with zero attached hydrogens (tertiary/aromatic N) is 2. The molecule has 0 aliphatic rings. The number of allylic oxidation sites excluding steroid dienone is 4. The van der Waals surface area contributed by atoms with Crippen LogP contribution in [-0.4, -0.2) is 6.21 Å². The normalized spacial score (nSPS) is 13.5. The van der Waals surface area contributed by atoms with E-state index in [-0.39, 0.29) is 0 Å². The Morgan fingerprint density at radius 1 is 1.50 bits per heavy atom. The van der Waals surface area contributed by atoms with Crippen molar-refractivity contribution >= 4 is 6.21 Å². The molecule has 0 N–H and O–H groups in total. The van der Waals surface area contributed by atoms with Gasteiger partial charge in [0.05, 0.1) is 6.07 Å². The molecule has 0 aliphatic heterocycles. The van der Waals surface area contributed by atoms with Gasteiger partial charge in [0.25, 0.3) is 0 Å². The molecule has 0 aliphatic carbocycles. The average molecular weight is 162 g/mol. The van der Waals surface area contributed by atoms with Crippen LogP contribution in [-0.2, 0) is 0 Å². The molecule has 0 heterocycles. The molecule has 64 valence electrons. The molecule has 0 rings (SSSR count). The molecule has 0 bridgehead atoms. The van der Waals surface area contributed by atoms with Crippen molar-refractivity contribution in [3.8, 4) is 6.07 Å². The van der Waals surface area contributed by atoms with Gasteiger partial charge in [-0.3, -0.25) is 4.99 Å². The molecule has 0 aromatic carbocycles. The standard InChI is InChI=1S/C10H14N2/c1-4-5-10(3)12-7-6-9(2)8-11/h5-7H,4H2,1-3H3/b9-6+,10-5+,12-7+. The van der Waals surface area contributed by atoms with E-state index in [1.807, 2.05) is 19.1 Å². The van der Waals surface area contributed by atoms with Gasteiger partial charge in [0, 0.05) is 17.5 Å². The summed E-state index contributed by atoms with van der Waals surface area (Å²) in [6.07, 6.45) is 6.38. The van der Waals surface area contributed by atoms with E-state index < -0.39 is 0 Å². The molecule has 0 aromatic heterocycles. The van der Waals surface area contributed by atoms with Crippen molar-refractivity contribution in [1.29, 1.82) is 5.26 Å². The Morgan fingerprint density at radius 3 is 2.67 bits per heavy atom. The zero-order chi connectivity index (χ0) is 9.40. The zero-order valence-corrected chi connectivity index (χ0v) is 7.83. The van der Waals surface area contributed by atoms with Gasteiger partial charge in [-0.05, 0) is 26.3 Å². The van der Waals surface area contributed by atoms with E-state index >= 15 is 0 Å². The third kappa shape index (κ3) is 5.43. The zero-order valence-electron chi connectivity index (χ0n) is 7.83. The molecule has 12 heavy (non-hydrogen) atoms. The van der Waals surface area contributed by atoms with Gasteiger partial charge < -0.3 is 0 Å². The molecule has 0 spiro atoms. The first-order valence-electron chi connectivity index (χ1n) is 3.98. The van der Waals surface area contributed by atoms with E-state index in [9.17, 15) is 0 Å². The van der Waals surface area contributed by atoms with E-state index in [0.717, 1.165) is 12.1 Å². The highest BCUT2D eigenvalue weighted by atomic mass is 14.7. The van der Waals surface area contributed by atoms with Gasteiger partial charge in [-0.25, -0.2) is 0 Å². The van der Waals surface area contributed by atoms with Crippen molar-refractivity contribution in [2.45, 2.75) is 27.2 Å². The van der Waals surface area contributed by atoms with Crippen molar-refractivity contribution in [1.82, 2.24) is 0 Å². The molecular formula is C10H14N2. The largest absolute Gasteiger partial charge is 0.262 e. The molecule has 0 radical (unpaired) electrons. The topological polar surface area (TPSA) is 36.1 Å². The predicted octanol–water partition coefficient (Wildman–Crippen LogP) is 2.84. The van der Waals surface area contributed by atoms with Crippen LogP contribution in [0, 0.1) is 11.3 Å². The summed E-state index contributed by atoms with van der Waals surface area (Å²) < 4.78 is 0. The minimum Gasteiger partial charge on any atom is -0.262 e. The lowest BCUT2D eigenvalue weighted by Crippen LogP contribution is -1.73. The second-order valence-electron chi connectivity index (χ2n) is 2.49. The number of rotatable bonds is 3. The van der Waals surface area contributed by atoms with Gasteiger partial charge in [0.1, 0.15) is 0 Å². The minimum atomic E-state index is 0.669. The van der Waals surface area contributed by atoms with Crippen molar-refractivity contribution in [2.24, 2.45) is 4.99 Å². The highest BCUT2D eigenvalue weighted by molar-refractivity contribution is 5.74. The van der Waals surface area contributed by atoms with Crippen LogP contribution >= 0.6 is 0 Å². The van der Waals surface area contributed by atoms with Gasteiger partial charge in [0.2, 0.25) is 0 Å². The highest BCUT2D eigenvalue weighted by Crippen LogP contribution is 1.95. The monoisotopic (exact) mass is 162 g/mol. The van der Waals surface area contributed by atoms with E-state index in [4.69, 9.17) is 5.26 Å². The maximum atomic E-state index is 8.41. The minimum absolute atomic E-state index is 0.669. The molecule has 0 atom stereocenters. The SMILES string of the molecule is CC/C=C(C)/N=C/C=C(\C)C#N. The Kier molecular flexibility index (Phi) is 5.64. The van der Waals surface area contributed by atoms with Gasteiger partial charge in [-0.1, -0.05) is 13.0 Å². The highest BCUT2D eigenvalue weighted by Gasteiger charge is 1.80. The maximum Gasteiger partial charge on any atom is 0.0944 e. The number of nitriles is 1. The predicted molar refractivity (Wildman–Crippen MR) is 51.9 cm³/mol. The maximum absolute atomic E-state index is 8.41. The molecule has 0 unspecified atom stereocenters. The Morgan fingerprint density at radius 2 is 2.17 bits per heavy atom. The van der Waals surface area contributed by atoms with Crippen molar-refractivity contribution in [3.05, 3.63) is 23.4 Å². The quantitative estimate of drug-likeness (QED) is 0.464. The molecule has 0 saturated carbocycles. The Labute approximate surface area is 73.9 Å². The summed E-state index contributed by atoms with van der Waals surface area (Å²) in [5.41, 5.74) is 1.66.